The fourth-order valence-electron chi connectivity index (χ4n) is 10.3. The molecule has 3 atom stereocenters. The highest BCUT2D eigenvalue weighted by Gasteiger charge is 2.42. The van der Waals surface area contributed by atoms with Crippen LogP contribution in [0.2, 0.25) is 0 Å². The molecule has 0 amide bonds. The highest BCUT2D eigenvalue weighted by Crippen LogP contribution is 2.39. The second kappa shape index (κ2) is 26.7. The van der Waals surface area contributed by atoms with Gasteiger partial charge in [0.1, 0.15) is 52.8 Å². The molecule has 2 saturated heterocycles. The molecule has 0 spiro atoms. The van der Waals surface area contributed by atoms with Crippen molar-refractivity contribution in [1.29, 1.82) is 0 Å². The molecule has 2 aliphatic carbocycles. The molecule has 10 N–H and O–H groups in total. The number of pyridine rings is 6. The number of carbonyl (C=O) groups excluding carboxylic acids is 3. The fraction of sp³-hybridized carbons (Fsp3) is 0.361. The van der Waals surface area contributed by atoms with E-state index in [2.05, 4.69) is 40.5 Å². The van der Waals surface area contributed by atoms with E-state index in [1.54, 1.807) is 0 Å². The molecule has 3 unspecified atom stereocenters. The summed E-state index contributed by atoms with van der Waals surface area (Å²) in [6.45, 7) is 5.81. The second-order valence-electron chi connectivity index (χ2n) is 21.8. The number of hydrogen-bond donors (Lipinski definition) is 6. The summed E-state index contributed by atoms with van der Waals surface area (Å²) in [6, 6.07) is 24.4. The zero-order chi connectivity index (χ0) is 63.1. The quantitative estimate of drug-likeness (QED) is 0.0388. The predicted octanol–water partition coefficient (Wildman–Crippen LogP) is 11.5. The number of hydrogen-bond acceptors (Lipinski definition) is 18. The van der Waals surface area contributed by atoms with Gasteiger partial charge in [0, 0.05) is 88.8 Å². The standard InChI is InChI=1S/C22H21F3N4O2.C20H22F3N5O.C19H20F3N5O.9H2/c1-2-21(27,14-7-4-3-5-8-14)13-31-17-11-10-16(22(23,24)25)18(29-17)19(30)15-9-6-12-28-20(15)26;21-20(22,23)15-5-6-16(28-9-8-25-13(11-28)10-12-3-4-12)27-17(15)18(29)14-2-1-7-26-19(14)24;20-19(21,22)13-5-6-15(27-9-8-24-14(10-27)11-3-4-11)26-16(13)17(28)12-2-1-7-25-18(12)23;;;;;;;;;/h3-12H,2,13,27H2,1H3,(H2,26,28);1-2,5-7,12-13,25H,3-4,8-11H2,(H2,24,26);1-2,5-7,11,14,24H,3-4,8-10H2,(H2,23,25);9*1H. The number of aromatic nitrogens is 6. The molecule has 4 fully saturated rings. The van der Waals surface area contributed by atoms with Crippen LogP contribution in [0, 0.1) is 11.8 Å². The number of rotatable bonds is 16. The minimum Gasteiger partial charge on any atom is -0.475 e. The summed E-state index contributed by atoms with van der Waals surface area (Å²) in [5, 5.41) is 6.90. The Bertz CT molecular complexity index is 3670. The molecular formula is C61H81F9N14O4. The van der Waals surface area contributed by atoms with E-state index in [-0.39, 0.29) is 65.5 Å². The number of ether oxygens (including phenoxy) is 1. The summed E-state index contributed by atoms with van der Waals surface area (Å²) in [7, 11) is 0. The van der Waals surface area contributed by atoms with Gasteiger partial charge in [0.15, 0.2) is 0 Å². The average molecular weight is 1250 g/mol. The monoisotopic (exact) mass is 1240 g/mol. The maximum absolute atomic E-state index is 13.5. The van der Waals surface area contributed by atoms with Gasteiger partial charge in [0.25, 0.3) is 0 Å². The van der Waals surface area contributed by atoms with E-state index >= 15 is 0 Å². The molecular weight excluding hydrogens is 1160 g/mol. The SMILES string of the molecule is CCC(N)(COc1ccc(C(F)(F)F)c(C(=O)c2cccnc2N)n1)c1ccccc1.Nc1ncccc1C(=O)c1nc(N2CCNC(C3CC3)C2)ccc1C(F)(F)F.Nc1ncccc1C(=O)c1nc(N2CCNC(CC3CC3)C2)ccc1C(F)(F)F.[HH].[HH].[HH].[HH].[HH].[HH].[HH].[HH].[HH]. The van der Waals surface area contributed by atoms with E-state index in [0.29, 0.717) is 56.2 Å². The molecule has 2 saturated carbocycles. The maximum atomic E-state index is 13.5. The lowest BCUT2D eigenvalue weighted by Crippen LogP contribution is -2.52. The lowest BCUT2D eigenvalue weighted by molar-refractivity contribution is -0.139. The van der Waals surface area contributed by atoms with Crippen LogP contribution in [0.3, 0.4) is 0 Å². The molecule has 1 aromatic carbocycles. The number of anilines is 5. The number of nitrogens with two attached hydrogens (primary N) is 4. The van der Waals surface area contributed by atoms with Crippen LogP contribution in [0.25, 0.3) is 0 Å². The molecule has 18 nitrogen and oxygen atoms in total. The summed E-state index contributed by atoms with van der Waals surface area (Å²) in [4.78, 5) is 65.9. The van der Waals surface area contributed by atoms with Crippen molar-refractivity contribution in [3.8, 4) is 5.88 Å². The normalized spacial score (nSPS) is 17.8. The lowest BCUT2D eigenvalue weighted by Gasteiger charge is -2.35. The van der Waals surface area contributed by atoms with Gasteiger partial charge in [-0.1, -0.05) is 50.1 Å². The van der Waals surface area contributed by atoms with Crippen molar-refractivity contribution in [2.24, 2.45) is 17.6 Å². The third-order valence-corrected chi connectivity index (χ3v) is 15.5. The number of nitrogens with one attached hydrogen (secondary N) is 2. The van der Waals surface area contributed by atoms with Gasteiger partial charge in [0.2, 0.25) is 23.2 Å². The van der Waals surface area contributed by atoms with Crippen LogP contribution in [-0.2, 0) is 24.1 Å². The van der Waals surface area contributed by atoms with Crippen LogP contribution < -0.4 is 48.1 Å². The number of ketones is 3. The van der Waals surface area contributed by atoms with E-state index in [9.17, 15) is 53.9 Å². The van der Waals surface area contributed by atoms with Crippen LogP contribution in [0.15, 0.2) is 122 Å². The van der Waals surface area contributed by atoms with Crippen molar-refractivity contribution in [3.63, 3.8) is 0 Å². The van der Waals surface area contributed by atoms with Gasteiger partial charge in [-0.05, 0) is 110 Å². The summed E-state index contributed by atoms with van der Waals surface area (Å²) >= 11 is 0. The van der Waals surface area contributed by atoms with Gasteiger partial charge in [-0.2, -0.15) is 39.5 Å². The lowest BCUT2D eigenvalue weighted by atomic mass is 9.89. The molecule has 6 aromatic heterocycles. The first-order valence-electron chi connectivity index (χ1n) is 28.3. The van der Waals surface area contributed by atoms with E-state index in [1.165, 1.54) is 80.0 Å². The molecule has 7 aromatic rings. The van der Waals surface area contributed by atoms with Crippen molar-refractivity contribution < 1.29 is 71.5 Å². The largest absolute Gasteiger partial charge is 0.475 e. The minimum absolute atomic E-state index is 0. The maximum Gasteiger partial charge on any atom is 0.418 e. The molecule has 8 heterocycles. The molecule has 11 rings (SSSR count). The van der Waals surface area contributed by atoms with E-state index in [0.717, 1.165) is 68.1 Å². The van der Waals surface area contributed by atoms with E-state index < -0.39 is 75.2 Å². The summed E-state index contributed by atoms with van der Waals surface area (Å²) < 4.78 is 127. The number of nitrogen functional groups attached to an aromatic ring is 3. The first-order valence-corrected chi connectivity index (χ1v) is 28.3. The van der Waals surface area contributed by atoms with Crippen molar-refractivity contribution >= 4 is 46.4 Å². The smallest absolute Gasteiger partial charge is 0.418 e. The predicted molar refractivity (Wildman–Crippen MR) is 329 cm³/mol. The fourth-order valence-corrected chi connectivity index (χ4v) is 10.3. The van der Waals surface area contributed by atoms with Gasteiger partial charge in [0.05, 0.1) is 38.9 Å². The first kappa shape index (κ1) is 63.7. The van der Waals surface area contributed by atoms with Crippen molar-refractivity contribution in [3.05, 3.63) is 178 Å². The second-order valence-corrected chi connectivity index (χ2v) is 21.8. The third kappa shape index (κ3) is 15.5. The van der Waals surface area contributed by atoms with Crippen molar-refractivity contribution in [1.82, 2.24) is 40.5 Å². The van der Waals surface area contributed by atoms with Crippen LogP contribution in [0.5, 0.6) is 5.88 Å². The summed E-state index contributed by atoms with van der Waals surface area (Å²) in [5.74, 6) is -1.27. The van der Waals surface area contributed by atoms with Crippen LogP contribution in [0.4, 0.5) is 68.6 Å². The highest BCUT2D eigenvalue weighted by atomic mass is 19.4. The zero-order valence-electron chi connectivity index (χ0n) is 47.5. The summed E-state index contributed by atoms with van der Waals surface area (Å²) in [5.41, 5.74) is 17.7. The van der Waals surface area contributed by atoms with Crippen molar-refractivity contribution in [2.75, 3.05) is 72.9 Å². The minimum atomic E-state index is -4.79. The van der Waals surface area contributed by atoms with Gasteiger partial charge >= 0.3 is 18.5 Å². The van der Waals surface area contributed by atoms with Crippen molar-refractivity contribution in [2.45, 2.75) is 81.6 Å². The van der Waals surface area contributed by atoms with Gasteiger partial charge in [-0.3, -0.25) is 14.4 Å². The van der Waals surface area contributed by atoms with E-state index in [1.807, 2.05) is 47.1 Å². The topological polar surface area (TPSA) is 272 Å². The number of nitrogens with zero attached hydrogens (tertiary/aromatic N) is 8. The number of halogens is 9. The van der Waals surface area contributed by atoms with Crippen LogP contribution in [-0.4, -0.2) is 105 Å². The molecule has 27 heteroatoms. The Hall–Kier alpha value is -8.82. The van der Waals surface area contributed by atoms with Gasteiger partial charge < -0.3 is 48.1 Å². The van der Waals surface area contributed by atoms with Gasteiger partial charge in [-0.25, -0.2) is 29.9 Å². The van der Waals surface area contributed by atoms with Gasteiger partial charge in [-0.15, -0.1) is 0 Å². The summed E-state index contributed by atoms with van der Waals surface area (Å²) in [6.07, 6.45) is -3.75. The Balaban J connectivity index is 0.00000136. The Morgan fingerprint density at radius 2 is 1.01 bits per heavy atom. The molecule has 482 valence electrons. The highest BCUT2D eigenvalue weighted by molar-refractivity contribution is 6.13. The Morgan fingerprint density at radius 1 is 0.568 bits per heavy atom. The average Bonchev–Trinajstić information content (AvgIpc) is 1.67. The van der Waals surface area contributed by atoms with Crippen LogP contribution >= 0.6 is 0 Å². The van der Waals surface area contributed by atoms with Crippen LogP contribution in [0.1, 0.15) is 129 Å². The first-order chi connectivity index (χ1) is 41.8. The molecule has 4 aliphatic rings. The molecule has 0 bridgehead atoms. The Kier molecular flexibility index (Phi) is 19.3. The Morgan fingerprint density at radius 3 is 1.44 bits per heavy atom. The molecule has 2 aliphatic heterocycles. The molecule has 88 heavy (non-hydrogen) atoms. The zero-order valence-corrected chi connectivity index (χ0v) is 47.5. The number of benzene rings is 1. The number of alkyl halides is 9. The van der Waals surface area contributed by atoms with E-state index in [4.69, 9.17) is 27.7 Å². The molecule has 0 radical (unpaired) electrons. The third-order valence-electron chi connectivity index (χ3n) is 15.5. The Labute approximate surface area is 513 Å². The number of piperazine rings is 2. The number of carbonyl (C=O) groups is 3.